The lowest BCUT2D eigenvalue weighted by Gasteiger charge is -2.24. The van der Waals surface area contributed by atoms with Gasteiger partial charge in [-0.05, 0) is 76.7 Å². The molecule has 1 heterocycles. The maximum absolute atomic E-state index is 12.8. The van der Waals surface area contributed by atoms with Gasteiger partial charge >= 0.3 is 0 Å². The van der Waals surface area contributed by atoms with E-state index in [1.165, 1.54) is 37.7 Å². The van der Waals surface area contributed by atoms with Gasteiger partial charge in [-0.1, -0.05) is 30.9 Å². The Balaban J connectivity index is 2.40. The smallest absolute Gasteiger partial charge is 0.253 e. The summed E-state index contributed by atoms with van der Waals surface area (Å²) in [5.41, 5.74) is 5.06. The zero-order valence-electron chi connectivity index (χ0n) is 20.0. The Bertz CT molecular complexity index is 820. The topological polar surface area (TPSA) is 63.5 Å². The van der Waals surface area contributed by atoms with E-state index in [9.17, 15) is 4.79 Å². The summed E-state index contributed by atoms with van der Waals surface area (Å²) in [4.78, 5) is 12.8. The molecule has 0 aliphatic heterocycles. The Morgan fingerprint density at radius 1 is 1.23 bits per heavy atom. The molecular weight excluding hydrogens is 388 g/mol. The Morgan fingerprint density at radius 2 is 1.94 bits per heavy atom. The van der Waals surface area contributed by atoms with Crippen molar-refractivity contribution < 1.29 is 14.6 Å². The minimum Gasteiger partial charge on any atom is -0.497 e. The number of hydrogen-bond donors (Lipinski definition) is 2. The van der Waals surface area contributed by atoms with E-state index in [2.05, 4.69) is 30.7 Å². The first kappa shape index (κ1) is 25.0. The third kappa shape index (κ3) is 7.42. The molecule has 0 saturated heterocycles. The predicted molar refractivity (Wildman–Crippen MR) is 128 cm³/mol. The van der Waals surface area contributed by atoms with Crippen LogP contribution in [0.15, 0.2) is 35.6 Å². The van der Waals surface area contributed by atoms with Crippen molar-refractivity contribution in [3.05, 3.63) is 52.6 Å². The van der Waals surface area contributed by atoms with E-state index >= 15 is 0 Å². The summed E-state index contributed by atoms with van der Waals surface area (Å²) in [6.07, 6.45) is 13.0. The fraction of sp³-hybridized carbons (Fsp3) is 0.577. The van der Waals surface area contributed by atoms with E-state index in [0.29, 0.717) is 24.4 Å². The van der Waals surface area contributed by atoms with Gasteiger partial charge in [-0.3, -0.25) is 4.79 Å². The largest absolute Gasteiger partial charge is 0.497 e. The molecule has 1 saturated carbocycles. The number of nitrogens with one attached hydrogen (secondary N) is 1. The highest BCUT2D eigenvalue weighted by Crippen LogP contribution is 2.30. The Labute approximate surface area is 187 Å². The highest BCUT2D eigenvalue weighted by molar-refractivity contribution is 5.96. The maximum atomic E-state index is 12.8. The number of hydrogen-bond acceptors (Lipinski definition) is 3. The number of aromatic nitrogens is 1. The summed E-state index contributed by atoms with van der Waals surface area (Å²) in [5.74, 6) is 1.37. The van der Waals surface area contributed by atoms with E-state index in [1.54, 1.807) is 7.11 Å². The van der Waals surface area contributed by atoms with Gasteiger partial charge in [-0.15, -0.1) is 0 Å². The molecule has 1 aliphatic rings. The number of aliphatic hydroxyl groups is 1. The van der Waals surface area contributed by atoms with Gasteiger partial charge < -0.3 is 19.7 Å². The fourth-order valence-corrected chi connectivity index (χ4v) is 4.15. The van der Waals surface area contributed by atoms with Gasteiger partial charge in [-0.25, -0.2) is 0 Å². The summed E-state index contributed by atoms with van der Waals surface area (Å²) in [6, 6.07) is 2.01. The van der Waals surface area contributed by atoms with Crippen molar-refractivity contribution in [1.82, 2.24) is 9.88 Å². The van der Waals surface area contributed by atoms with Gasteiger partial charge in [0.1, 0.15) is 5.76 Å². The van der Waals surface area contributed by atoms with Crippen molar-refractivity contribution in [3.63, 3.8) is 0 Å². The van der Waals surface area contributed by atoms with E-state index < -0.39 is 0 Å². The second kappa shape index (κ2) is 12.6. The number of allylic oxidation sites excluding steroid dienone is 5. The number of amides is 1. The summed E-state index contributed by atoms with van der Waals surface area (Å²) < 4.78 is 7.88. The zero-order chi connectivity index (χ0) is 22.8. The molecule has 0 bridgehead atoms. The Morgan fingerprint density at radius 3 is 2.55 bits per heavy atom. The van der Waals surface area contributed by atoms with Crippen LogP contribution in [0.4, 0.5) is 0 Å². The van der Waals surface area contributed by atoms with Gasteiger partial charge in [0.05, 0.1) is 12.7 Å². The number of aliphatic hydroxyl groups excluding tert-OH is 1. The minimum atomic E-state index is -0.0746. The summed E-state index contributed by atoms with van der Waals surface area (Å²) >= 11 is 0. The van der Waals surface area contributed by atoms with Gasteiger partial charge in [0.15, 0.2) is 0 Å². The lowest BCUT2D eigenvalue weighted by molar-refractivity contribution is 0.0950. The van der Waals surface area contributed by atoms with Crippen molar-refractivity contribution in [1.29, 1.82) is 0 Å². The number of carbonyl (C=O) groups excluding carboxylic acids is 1. The van der Waals surface area contributed by atoms with Crippen molar-refractivity contribution >= 4 is 11.5 Å². The quantitative estimate of drug-likeness (QED) is 0.298. The number of rotatable bonds is 10. The van der Waals surface area contributed by atoms with E-state index in [-0.39, 0.29) is 12.5 Å². The van der Waals surface area contributed by atoms with Crippen LogP contribution in [0.1, 0.15) is 81.0 Å². The molecule has 5 heteroatoms. The van der Waals surface area contributed by atoms with Crippen LogP contribution < -0.4 is 5.32 Å². The third-order valence-corrected chi connectivity index (χ3v) is 5.98. The monoisotopic (exact) mass is 428 g/mol. The molecule has 1 amide bonds. The molecule has 0 atom stereocenters. The third-order valence-electron chi connectivity index (χ3n) is 5.98. The van der Waals surface area contributed by atoms with E-state index in [1.807, 2.05) is 31.2 Å². The van der Waals surface area contributed by atoms with Crippen LogP contribution in [0.5, 0.6) is 0 Å². The summed E-state index contributed by atoms with van der Waals surface area (Å²) in [6.45, 7) is 9.72. The lowest BCUT2D eigenvalue weighted by Crippen LogP contribution is -2.25. The maximum Gasteiger partial charge on any atom is 0.253 e. The molecule has 0 unspecified atom stereocenters. The highest BCUT2D eigenvalue weighted by Gasteiger charge is 2.22. The molecule has 172 valence electrons. The molecule has 2 rings (SSSR count). The van der Waals surface area contributed by atoms with Crippen LogP contribution in [-0.4, -0.2) is 35.8 Å². The van der Waals surface area contributed by atoms with Gasteiger partial charge in [0, 0.05) is 31.1 Å². The van der Waals surface area contributed by atoms with Gasteiger partial charge in [-0.2, -0.15) is 0 Å². The summed E-state index contributed by atoms with van der Waals surface area (Å²) in [5, 5.41) is 11.9. The number of carbonyl (C=O) groups is 1. The van der Waals surface area contributed by atoms with Crippen LogP contribution in [0.25, 0.3) is 5.57 Å². The molecule has 31 heavy (non-hydrogen) atoms. The molecule has 1 aromatic rings. The van der Waals surface area contributed by atoms with Crippen molar-refractivity contribution in [2.45, 2.75) is 72.8 Å². The number of nitrogens with zero attached hydrogens (tertiary/aromatic N) is 1. The molecule has 0 aromatic carbocycles. The minimum absolute atomic E-state index is 0.0746. The fourth-order valence-electron chi connectivity index (χ4n) is 4.15. The standard InChI is InChI=1S/C26H40N2O3/c1-19(2)12-13-23(31-5)16-20(3)25-17-24(26(30)27-14-9-15-29)21(4)28(25)18-22-10-7-6-8-11-22/h12-13,16-17,22,29H,6-11,14-15,18H2,1-5H3,(H,27,30)/b20-16+,23-13+. The number of ether oxygens (including phenoxy) is 1. The molecular formula is C26H40N2O3. The molecule has 5 nitrogen and oxygen atoms in total. The van der Waals surface area contributed by atoms with Crippen molar-refractivity contribution in [3.8, 4) is 0 Å². The molecule has 1 aliphatic carbocycles. The van der Waals surface area contributed by atoms with Gasteiger partial charge in [0.25, 0.3) is 5.91 Å². The van der Waals surface area contributed by atoms with Crippen molar-refractivity contribution in [2.24, 2.45) is 5.92 Å². The molecule has 1 fully saturated rings. The van der Waals surface area contributed by atoms with E-state index in [0.717, 1.165) is 29.3 Å². The SMILES string of the molecule is COC(=C/C=C(C)C)/C=C(\C)c1cc(C(=O)NCCCO)c(C)n1CC1CCCCC1. The van der Waals surface area contributed by atoms with Crippen LogP contribution in [-0.2, 0) is 11.3 Å². The first-order chi connectivity index (χ1) is 14.9. The predicted octanol–water partition coefficient (Wildman–Crippen LogP) is 5.39. The van der Waals surface area contributed by atoms with Crippen LogP contribution in [0.2, 0.25) is 0 Å². The second-order valence-electron chi connectivity index (χ2n) is 8.82. The Hall–Kier alpha value is -2.27. The molecule has 1 aromatic heterocycles. The number of methoxy groups -OCH3 is 1. The van der Waals surface area contributed by atoms with Crippen molar-refractivity contribution in [2.75, 3.05) is 20.3 Å². The average molecular weight is 429 g/mol. The normalized spacial score (nSPS) is 15.7. The molecule has 2 N–H and O–H groups in total. The van der Waals surface area contributed by atoms with Crippen LogP contribution in [0.3, 0.4) is 0 Å². The lowest BCUT2D eigenvalue weighted by atomic mass is 9.89. The highest BCUT2D eigenvalue weighted by atomic mass is 16.5. The Kier molecular flexibility index (Phi) is 10.1. The van der Waals surface area contributed by atoms with Crippen LogP contribution in [0, 0.1) is 12.8 Å². The van der Waals surface area contributed by atoms with Crippen LogP contribution >= 0.6 is 0 Å². The second-order valence-corrected chi connectivity index (χ2v) is 8.82. The zero-order valence-corrected chi connectivity index (χ0v) is 20.0. The first-order valence-electron chi connectivity index (χ1n) is 11.5. The first-order valence-corrected chi connectivity index (χ1v) is 11.5. The average Bonchev–Trinajstić information content (AvgIpc) is 3.08. The van der Waals surface area contributed by atoms with E-state index in [4.69, 9.17) is 9.84 Å². The molecule has 0 spiro atoms. The molecule has 0 radical (unpaired) electrons. The van der Waals surface area contributed by atoms with Gasteiger partial charge in [0.2, 0.25) is 0 Å². The summed E-state index contributed by atoms with van der Waals surface area (Å²) in [7, 11) is 1.68.